The van der Waals surface area contributed by atoms with Crippen molar-refractivity contribution in [1.82, 2.24) is 5.32 Å². The number of halogens is 1. The minimum Gasteiger partial charge on any atom is -0.478 e. The molecule has 2 heterocycles. The number of carboxylic acids is 2. The third-order valence-corrected chi connectivity index (χ3v) is 3.98. The number of hydrogen-bond acceptors (Lipinski definition) is 4. The minimum absolute atomic E-state index is 0.167. The summed E-state index contributed by atoms with van der Waals surface area (Å²) in [7, 11) is 0. The number of benzene rings is 1. The molecular formula is C18H20FNO5. The fourth-order valence-electron chi connectivity index (χ4n) is 2.93. The second kappa shape index (κ2) is 8.43. The van der Waals surface area contributed by atoms with E-state index in [2.05, 4.69) is 12.2 Å². The lowest BCUT2D eigenvalue weighted by atomic mass is 9.86. The van der Waals surface area contributed by atoms with Crippen molar-refractivity contribution in [3.8, 4) is 0 Å². The van der Waals surface area contributed by atoms with E-state index in [1.807, 2.05) is 6.07 Å². The van der Waals surface area contributed by atoms with Gasteiger partial charge in [-0.3, -0.25) is 0 Å². The Labute approximate surface area is 143 Å². The molecule has 0 bridgehead atoms. The van der Waals surface area contributed by atoms with Crippen LogP contribution in [0.3, 0.4) is 0 Å². The van der Waals surface area contributed by atoms with Crippen LogP contribution in [0.1, 0.15) is 31.2 Å². The van der Waals surface area contributed by atoms with Crippen molar-refractivity contribution in [2.24, 2.45) is 0 Å². The number of furan rings is 1. The fourth-order valence-corrected chi connectivity index (χ4v) is 2.93. The van der Waals surface area contributed by atoms with Gasteiger partial charge in [-0.15, -0.1) is 0 Å². The van der Waals surface area contributed by atoms with Crippen LogP contribution in [0.15, 0.2) is 41.0 Å². The van der Waals surface area contributed by atoms with Gasteiger partial charge in [0.2, 0.25) is 0 Å². The fraction of sp³-hybridized carbons (Fsp3) is 0.333. The van der Waals surface area contributed by atoms with Gasteiger partial charge in [0.15, 0.2) is 0 Å². The van der Waals surface area contributed by atoms with Crippen LogP contribution in [0.2, 0.25) is 0 Å². The molecule has 0 amide bonds. The highest BCUT2D eigenvalue weighted by atomic mass is 19.1. The molecule has 6 nitrogen and oxygen atoms in total. The summed E-state index contributed by atoms with van der Waals surface area (Å²) in [4.78, 5) is 19.1. The summed E-state index contributed by atoms with van der Waals surface area (Å²) in [5.74, 6) is -2.28. The Kier molecular flexibility index (Phi) is 6.30. The summed E-state index contributed by atoms with van der Waals surface area (Å²) in [6.07, 6.45) is 4.84. The molecule has 0 saturated carbocycles. The quantitative estimate of drug-likeness (QED) is 0.736. The van der Waals surface area contributed by atoms with Crippen LogP contribution < -0.4 is 5.32 Å². The molecular weight excluding hydrogens is 329 g/mol. The highest BCUT2D eigenvalue weighted by Crippen LogP contribution is 2.34. The van der Waals surface area contributed by atoms with Gasteiger partial charge in [-0.1, -0.05) is 0 Å². The van der Waals surface area contributed by atoms with Crippen LogP contribution in [0.25, 0.3) is 11.0 Å². The number of aliphatic carboxylic acids is 2. The summed E-state index contributed by atoms with van der Waals surface area (Å²) in [5.41, 5.74) is 1.88. The second-order valence-corrected chi connectivity index (χ2v) is 5.92. The Morgan fingerprint density at radius 2 is 1.96 bits per heavy atom. The number of carbonyl (C=O) groups is 2. The molecule has 1 aromatic heterocycles. The number of nitrogens with one attached hydrogen (secondary N) is 1. The van der Waals surface area contributed by atoms with Gasteiger partial charge in [0.05, 0.1) is 6.26 Å². The molecule has 25 heavy (non-hydrogen) atoms. The van der Waals surface area contributed by atoms with Gasteiger partial charge in [-0.2, -0.15) is 0 Å². The van der Waals surface area contributed by atoms with E-state index in [0.717, 1.165) is 35.9 Å². The number of rotatable bonds is 3. The first-order valence-corrected chi connectivity index (χ1v) is 7.90. The second-order valence-electron chi connectivity index (χ2n) is 5.92. The number of piperidine rings is 1. The topological polar surface area (TPSA) is 99.8 Å². The predicted octanol–water partition coefficient (Wildman–Crippen LogP) is 3.14. The van der Waals surface area contributed by atoms with Gasteiger partial charge in [0.25, 0.3) is 0 Å². The van der Waals surface area contributed by atoms with E-state index in [1.54, 1.807) is 12.3 Å². The zero-order chi connectivity index (χ0) is 18.4. The van der Waals surface area contributed by atoms with E-state index >= 15 is 0 Å². The van der Waals surface area contributed by atoms with E-state index in [4.69, 9.17) is 14.6 Å². The first-order chi connectivity index (χ1) is 11.9. The third kappa shape index (κ3) is 5.42. The molecule has 1 aliphatic heterocycles. The van der Waals surface area contributed by atoms with Crippen molar-refractivity contribution in [3.05, 3.63) is 48.0 Å². The molecule has 0 aliphatic carbocycles. The summed E-state index contributed by atoms with van der Waals surface area (Å²) < 4.78 is 19.1. The van der Waals surface area contributed by atoms with Crippen LogP contribution in [0, 0.1) is 5.82 Å². The Morgan fingerprint density at radius 1 is 1.28 bits per heavy atom. The van der Waals surface area contributed by atoms with Crippen LogP contribution >= 0.6 is 0 Å². The molecule has 2 unspecified atom stereocenters. The van der Waals surface area contributed by atoms with E-state index in [-0.39, 0.29) is 5.82 Å². The monoisotopic (exact) mass is 349 g/mol. The van der Waals surface area contributed by atoms with Crippen LogP contribution in [-0.4, -0.2) is 34.7 Å². The van der Waals surface area contributed by atoms with E-state index in [9.17, 15) is 14.0 Å². The Morgan fingerprint density at radius 3 is 2.56 bits per heavy atom. The van der Waals surface area contributed by atoms with Crippen LogP contribution in [0.4, 0.5) is 4.39 Å². The molecule has 3 rings (SSSR count). The first-order valence-electron chi connectivity index (χ1n) is 7.90. The Hall–Kier alpha value is -2.67. The number of carboxylic acid groups (broad SMARTS) is 2. The summed E-state index contributed by atoms with van der Waals surface area (Å²) >= 11 is 0. The summed E-state index contributed by atoms with van der Waals surface area (Å²) in [6, 6.07) is 5.48. The maximum absolute atomic E-state index is 13.6. The van der Waals surface area contributed by atoms with Gasteiger partial charge in [0, 0.05) is 29.1 Å². The van der Waals surface area contributed by atoms with Crippen molar-refractivity contribution in [3.63, 3.8) is 0 Å². The van der Waals surface area contributed by atoms with E-state index < -0.39 is 11.9 Å². The standard InChI is InChI=1S/C14H16FNO.C4H4O4/c1-9-6-10(2-4-16-9)13-8-12(15)7-11-3-5-17-14(11)13;5-3(6)1-2-4(7)8/h3,5,7-10,16H,2,4,6H2,1H3;1-2H,(H,5,6)(H,7,8)/b;2-1+. The Balaban J connectivity index is 0.000000242. The molecule has 0 radical (unpaired) electrons. The smallest absolute Gasteiger partial charge is 0.328 e. The normalized spacial score (nSPS) is 20.2. The summed E-state index contributed by atoms with van der Waals surface area (Å²) in [5, 5.41) is 19.9. The minimum atomic E-state index is -1.26. The molecule has 2 atom stereocenters. The molecule has 0 spiro atoms. The average molecular weight is 349 g/mol. The lowest BCUT2D eigenvalue weighted by Gasteiger charge is -2.28. The Bertz CT molecular complexity index is 767. The summed E-state index contributed by atoms with van der Waals surface area (Å²) in [6.45, 7) is 3.16. The van der Waals surface area contributed by atoms with Crippen molar-refractivity contribution in [1.29, 1.82) is 0 Å². The van der Waals surface area contributed by atoms with E-state index in [1.165, 1.54) is 6.07 Å². The largest absolute Gasteiger partial charge is 0.478 e. The SMILES string of the molecule is CC1CC(c2cc(F)cc3ccoc23)CCN1.O=C(O)/C=C/C(=O)O. The van der Waals surface area contributed by atoms with Gasteiger partial charge in [-0.05, 0) is 50.4 Å². The maximum Gasteiger partial charge on any atom is 0.328 e. The maximum atomic E-state index is 13.6. The highest BCUT2D eigenvalue weighted by Gasteiger charge is 2.23. The predicted molar refractivity (Wildman–Crippen MR) is 90.0 cm³/mol. The molecule has 2 aromatic rings. The van der Waals surface area contributed by atoms with Gasteiger partial charge < -0.3 is 19.9 Å². The van der Waals surface area contributed by atoms with Crippen LogP contribution in [0.5, 0.6) is 0 Å². The van der Waals surface area contributed by atoms with Gasteiger partial charge in [0.1, 0.15) is 11.4 Å². The van der Waals surface area contributed by atoms with E-state index in [0.29, 0.717) is 24.1 Å². The van der Waals surface area contributed by atoms with Crippen molar-refractivity contribution < 1.29 is 28.6 Å². The van der Waals surface area contributed by atoms with Crippen molar-refractivity contribution >= 4 is 22.9 Å². The highest BCUT2D eigenvalue weighted by molar-refractivity contribution is 5.89. The zero-order valence-corrected chi connectivity index (χ0v) is 13.7. The van der Waals surface area contributed by atoms with Crippen LogP contribution in [-0.2, 0) is 9.59 Å². The lowest BCUT2D eigenvalue weighted by Crippen LogP contribution is -2.34. The van der Waals surface area contributed by atoms with Crippen molar-refractivity contribution in [2.45, 2.75) is 31.7 Å². The zero-order valence-electron chi connectivity index (χ0n) is 13.7. The lowest BCUT2D eigenvalue weighted by molar-refractivity contribution is -0.134. The molecule has 1 aliphatic rings. The molecule has 1 aromatic carbocycles. The van der Waals surface area contributed by atoms with Gasteiger partial charge >= 0.3 is 11.9 Å². The van der Waals surface area contributed by atoms with Gasteiger partial charge in [-0.25, -0.2) is 14.0 Å². The average Bonchev–Trinajstić information content (AvgIpc) is 3.01. The molecule has 1 fully saturated rings. The molecule has 134 valence electrons. The number of fused-ring (bicyclic) bond motifs is 1. The third-order valence-electron chi connectivity index (χ3n) is 3.98. The molecule has 3 N–H and O–H groups in total. The molecule has 7 heteroatoms. The molecule has 1 saturated heterocycles. The van der Waals surface area contributed by atoms with Crippen molar-refractivity contribution in [2.75, 3.05) is 6.54 Å². The first kappa shape index (κ1) is 18.7. The number of hydrogen-bond donors (Lipinski definition) is 3.